The van der Waals surface area contributed by atoms with Crippen LogP contribution in [0.2, 0.25) is 0 Å². The number of benzene rings is 1. The third kappa shape index (κ3) is 3.21. The molecule has 0 radical (unpaired) electrons. The zero-order chi connectivity index (χ0) is 14.0. The van der Waals surface area contributed by atoms with Crippen molar-refractivity contribution in [2.24, 2.45) is 0 Å². The van der Waals surface area contributed by atoms with E-state index in [-0.39, 0.29) is 5.54 Å². The van der Waals surface area contributed by atoms with Crippen molar-refractivity contribution in [1.29, 1.82) is 0 Å². The van der Waals surface area contributed by atoms with Crippen LogP contribution in [-0.2, 0) is 0 Å². The fourth-order valence-electron chi connectivity index (χ4n) is 2.78. The van der Waals surface area contributed by atoms with Gasteiger partial charge in [-0.05, 0) is 57.9 Å². The molecule has 2 rings (SSSR count). The standard InChI is InChI=1S/C16H26N2O/c1-6-19-15-8-7-13(9-12(15)2)18(5)14-10-16(3,4)17-11-14/h7-9,14,17H,6,10-11H2,1-5H3. The van der Waals surface area contributed by atoms with Gasteiger partial charge in [-0.2, -0.15) is 0 Å². The van der Waals surface area contributed by atoms with Crippen molar-refractivity contribution in [2.75, 3.05) is 25.1 Å². The number of rotatable bonds is 4. The zero-order valence-electron chi connectivity index (χ0n) is 12.8. The number of anilines is 1. The molecule has 0 bridgehead atoms. The number of nitrogens with one attached hydrogen (secondary N) is 1. The van der Waals surface area contributed by atoms with Crippen LogP contribution in [0.3, 0.4) is 0 Å². The summed E-state index contributed by atoms with van der Waals surface area (Å²) < 4.78 is 5.60. The Labute approximate surface area is 116 Å². The summed E-state index contributed by atoms with van der Waals surface area (Å²) in [5.74, 6) is 0.990. The van der Waals surface area contributed by atoms with Crippen LogP contribution >= 0.6 is 0 Å². The van der Waals surface area contributed by atoms with Gasteiger partial charge in [0.1, 0.15) is 5.75 Å². The Morgan fingerprint density at radius 2 is 2.16 bits per heavy atom. The van der Waals surface area contributed by atoms with Gasteiger partial charge < -0.3 is 15.0 Å². The van der Waals surface area contributed by atoms with E-state index in [1.807, 2.05) is 6.92 Å². The molecule has 0 aromatic heterocycles. The number of hydrogen-bond acceptors (Lipinski definition) is 3. The Bertz CT molecular complexity index is 442. The molecule has 1 aromatic rings. The Kier molecular flexibility index (Phi) is 4.04. The molecule has 1 saturated heterocycles. The lowest BCUT2D eigenvalue weighted by Gasteiger charge is -2.28. The summed E-state index contributed by atoms with van der Waals surface area (Å²) >= 11 is 0. The van der Waals surface area contributed by atoms with Crippen LogP contribution in [0.15, 0.2) is 18.2 Å². The molecule has 1 aromatic carbocycles. The van der Waals surface area contributed by atoms with Crippen LogP contribution in [0.25, 0.3) is 0 Å². The second-order valence-corrected chi connectivity index (χ2v) is 6.12. The second kappa shape index (κ2) is 5.41. The first-order valence-corrected chi connectivity index (χ1v) is 7.14. The third-order valence-corrected chi connectivity index (χ3v) is 3.98. The summed E-state index contributed by atoms with van der Waals surface area (Å²) in [7, 11) is 2.18. The van der Waals surface area contributed by atoms with Gasteiger partial charge in [-0.15, -0.1) is 0 Å². The van der Waals surface area contributed by atoms with Gasteiger partial charge in [-0.25, -0.2) is 0 Å². The first kappa shape index (κ1) is 14.2. The largest absolute Gasteiger partial charge is 0.494 e. The summed E-state index contributed by atoms with van der Waals surface area (Å²) in [6.45, 7) is 10.4. The smallest absolute Gasteiger partial charge is 0.122 e. The molecule has 3 nitrogen and oxygen atoms in total. The van der Waals surface area contributed by atoms with Crippen LogP contribution in [0.4, 0.5) is 5.69 Å². The normalized spacial score (nSPS) is 21.4. The molecule has 1 unspecified atom stereocenters. The van der Waals surface area contributed by atoms with Gasteiger partial charge in [-0.3, -0.25) is 0 Å². The Hall–Kier alpha value is -1.22. The van der Waals surface area contributed by atoms with Gasteiger partial charge in [-0.1, -0.05) is 0 Å². The predicted octanol–water partition coefficient (Wildman–Crippen LogP) is 2.97. The van der Waals surface area contributed by atoms with E-state index >= 15 is 0 Å². The lowest BCUT2D eigenvalue weighted by molar-refractivity contribution is 0.338. The molecule has 0 aliphatic carbocycles. The van der Waals surface area contributed by atoms with E-state index in [1.54, 1.807) is 0 Å². The number of ether oxygens (including phenoxy) is 1. The SMILES string of the molecule is CCOc1ccc(N(C)C2CNC(C)(C)C2)cc1C. The van der Waals surface area contributed by atoms with Crippen molar-refractivity contribution >= 4 is 5.69 Å². The fraction of sp³-hybridized carbons (Fsp3) is 0.625. The van der Waals surface area contributed by atoms with Gasteiger partial charge in [0.25, 0.3) is 0 Å². The number of hydrogen-bond donors (Lipinski definition) is 1. The van der Waals surface area contributed by atoms with Gasteiger partial charge in [0, 0.05) is 30.9 Å². The third-order valence-electron chi connectivity index (χ3n) is 3.98. The van der Waals surface area contributed by atoms with Crippen LogP contribution in [0.5, 0.6) is 5.75 Å². The van der Waals surface area contributed by atoms with E-state index in [0.717, 1.165) is 18.9 Å². The Morgan fingerprint density at radius 3 is 2.68 bits per heavy atom. The molecule has 0 amide bonds. The minimum absolute atomic E-state index is 0.249. The maximum Gasteiger partial charge on any atom is 0.122 e. The molecule has 1 aliphatic rings. The molecular weight excluding hydrogens is 236 g/mol. The number of aryl methyl sites for hydroxylation is 1. The van der Waals surface area contributed by atoms with Gasteiger partial charge >= 0.3 is 0 Å². The number of nitrogens with zero attached hydrogens (tertiary/aromatic N) is 1. The molecule has 0 saturated carbocycles. The van der Waals surface area contributed by atoms with E-state index in [4.69, 9.17) is 4.74 Å². The maximum atomic E-state index is 5.60. The van der Waals surface area contributed by atoms with E-state index in [0.29, 0.717) is 6.04 Å². The first-order valence-electron chi connectivity index (χ1n) is 7.14. The lowest BCUT2D eigenvalue weighted by atomic mass is 10.0. The minimum atomic E-state index is 0.249. The Morgan fingerprint density at radius 1 is 1.42 bits per heavy atom. The summed E-state index contributed by atoms with van der Waals surface area (Å²) in [6.07, 6.45) is 1.18. The number of likely N-dealkylation sites (N-methyl/N-ethyl adjacent to an activating group) is 1. The van der Waals surface area contributed by atoms with E-state index in [2.05, 4.69) is 56.2 Å². The molecule has 106 valence electrons. The summed E-state index contributed by atoms with van der Waals surface area (Å²) in [5.41, 5.74) is 2.72. The molecule has 1 N–H and O–H groups in total. The zero-order valence-corrected chi connectivity index (χ0v) is 12.8. The highest BCUT2D eigenvalue weighted by atomic mass is 16.5. The molecule has 0 spiro atoms. The van der Waals surface area contributed by atoms with Crippen molar-refractivity contribution < 1.29 is 4.74 Å². The van der Waals surface area contributed by atoms with Gasteiger partial charge in [0.05, 0.1) is 6.61 Å². The molecule has 1 fully saturated rings. The van der Waals surface area contributed by atoms with Crippen molar-refractivity contribution in [1.82, 2.24) is 5.32 Å². The van der Waals surface area contributed by atoms with Crippen LogP contribution in [-0.4, -0.2) is 31.8 Å². The second-order valence-electron chi connectivity index (χ2n) is 6.12. The molecule has 1 atom stereocenters. The van der Waals surface area contributed by atoms with Crippen molar-refractivity contribution in [3.8, 4) is 5.75 Å². The van der Waals surface area contributed by atoms with E-state index in [1.165, 1.54) is 17.7 Å². The highest BCUT2D eigenvalue weighted by molar-refractivity contribution is 5.53. The first-order chi connectivity index (χ1) is 8.93. The molecular formula is C16H26N2O. The van der Waals surface area contributed by atoms with Crippen LogP contribution in [0, 0.1) is 6.92 Å². The van der Waals surface area contributed by atoms with Gasteiger partial charge in [0.2, 0.25) is 0 Å². The van der Waals surface area contributed by atoms with Crippen LogP contribution in [0.1, 0.15) is 32.8 Å². The van der Waals surface area contributed by atoms with Crippen LogP contribution < -0.4 is 15.0 Å². The monoisotopic (exact) mass is 262 g/mol. The summed E-state index contributed by atoms with van der Waals surface area (Å²) in [4.78, 5) is 2.38. The fourth-order valence-corrected chi connectivity index (χ4v) is 2.78. The molecule has 1 heterocycles. The van der Waals surface area contributed by atoms with Crippen molar-refractivity contribution in [3.63, 3.8) is 0 Å². The average Bonchev–Trinajstić information content (AvgIpc) is 2.71. The van der Waals surface area contributed by atoms with Crippen molar-refractivity contribution in [3.05, 3.63) is 23.8 Å². The highest BCUT2D eigenvalue weighted by Crippen LogP contribution is 2.28. The Balaban J connectivity index is 2.11. The lowest BCUT2D eigenvalue weighted by Crippen LogP contribution is -2.33. The molecule has 3 heteroatoms. The topological polar surface area (TPSA) is 24.5 Å². The highest BCUT2D eigenvalue weighted by Gasteiger charge is 2.32. The summed E-state index contributed by atoms with van der Waals surface area (Å²) in [5, 5.41) is 3.58. The molecule has 1 aliphatic heterocycles. The van der Waals surface area contributed by atoms with E-state index < -0.39 is 0 Å². The van der Waals surface area contributed by atoms with Gasteiger partial charge in [0.15, 0.2) is 0 Å². The summed E-state index contributed by atoms with van der Waals surface area (Å²) in [6, 6.07) is 7.02. The minimum Gasteiger partial charge on any atom is -0.494 e. The predicted molar refractivity (Wildman–Crippen MR) is 81.2 cm³/mol. The van der Waals surface area contributed by atoms with E-state index in [9.17, 15) is 0 Å². The maximum absolute atomic E-state index is 5.60. The molecule has 19 heavy (non-hydrogen) atoms. The average molecular weight is 262 g/mol. The van der Waals surface area contributed by atoms with Crippen molar-refractivity contribution in [2.45, 2.75) is 45.7 Å². The quantitative estimate of drug-likeness (QED) is 0.903.